The zero-order chi connectivity index (χ0) is 22.0. The minimum Gasteiger partial charge on any atom is -0.467 e. The molecule has 1 fully saturated rings. The zero-order valence-corrected chi connectivity index (χ0v) is 16.9. The first kappa shape index (κ1) is 21.0. The summed E-state index contributed by atoms with van der Waals surface area (Å²) in [4.78, 5) is 26.4. The van der Waals surface area contributed by atoms with E-state index in [2.05, 4.69) is 5.32 Å². The molecule has 1 atom stereocenters. The average Bonchev–Trinajstić information content (AvgIpc) is 3.38. The number of carbonyl (C=O) groups is 2. The largest absolute Gasteiger partial charge is 0.467 e. The van der Waals surface area contributed by atoms with E-state index in [0.29, 0.717) is 23.6 Å². The lowest BCUT2D eigenvalue weighted by Crippen LogP contribution is -2.27. The van der Waals surface area contributed by atoms with Crippen LogP contribution in [-0.4, -0.2) is 22.5 Å². The topological polar surface area (TPSA) is 62.6 Å². The second kappa shape index (κ2) is 8.50. The molecule has 0 radical (unpaired) electrons. The Bertz CT molecular complexity index is 1060. The average molecular weight is 446 g/mol. The predicted molar refractivity (Wildman–Crippen MR) is 110 cm³/mol. The van der Waals surface area contributed by atoms with Gasteiger partial charge in [-0.1, -0.05) is 12.1 Å². The number of amides is 2. The van der Waals surface area contributed by atoms with E-state index in [1.165, 1.54) is 23.9 Å². The highest BCUT2D eigenvalue weighted by atomic mass is 32.2. The fraction of sp³-hybridized carbons (Fsp3) is 0.182. The summed E-state index contributed by atoms with van der Waals surface area (Å²) in [6, 6.07) is 14.6. The molecule has 2 amide bonds. The van der Waals surface area contributed by atoms with Crippen LogP contribution in [0.3, 0.4) is 0 Å². The molecule has 3 aromatic rings. The molecule has 9 heteroatoms. The third kappa shape index (κ3) is 4.77. The Morgan fingerprint density at radius 1 is 1.10 bits per heavy atom. The molecule has 1 aliphatic rings. The van der Waals surface area contributed by atoms with Crippen molar-refractivity contribution in [1.82, 2.24) is 4.90 Å². The van der Waals surface area contributed by atoms with Gasteiger partial charge < -0.3 is 14.6 Å². The van der Waals surface area contributed by atoms with Gasteiger partial charge in [0.15, 0.2) is 0 Å². The monoisotopic (exact) mass is 446 g/mol. The number of hydrogen-bond acceptors (Lipinski definition) is 4. The first-order valence-corrected chi connectivity index (χ1v) is 10.4. The van der Waals surface area contributed by atoms with Crippen molar-refractivity contribution in [3.8, 4) is 0 Å². The van der Waals surface area contributed by atoms with Gasteiger partial charge >= 0.3 is 6.18 Å². The molecular formula is C22H17F3N2O3S. The second-order valence-electron chi connectivity index (χ2n) is 6.92. The Hall–Kier alpha value is -3.20. The quantitative estimate of drug-likeness (QED) is 0.576. The number of hydrogen-bond donors (Lipinski definition) is 1. The lowest BCUT2D eigenvalue weighted by atomic mass is 10.1. The number of thioether (sulfide) groups is 1. The van der Waals surface area contributed by atoms with Gasteiger partial charge in [-0.05, 0) is 54.1 Å². The van der Waals surface area contributed by atoms with Crippen molar-refractivity contribution in [3.63, 3.8) is 0 Å². The molecule has 4 rings (SSSR count). The number of nitrogens with zero attached hydrogens (tertiary/aromatic N) is 1. The Morgan fingerprint density at radius 3 is 2.42 bits per heavy atom. The standard InChI is InChI=1S/C22H17F3N2O3S/c23-22(24,25)16-7-9-17(10-8-16)26-20(29)14-3-5-15(6-4-14)21-27(19(28)13-31-21)12-18-2-1-11-30-18/h1-11,21H,12-13H2,(H,26,29)/t21-/m0/s1. The Morgan fingerprint density at radius 2 is 1.81 bits per heavy atom. The zero-order valence-electron chi connectivity index (χ0n) is 16.1. The second-order valence-corrected chi connectivity index (χ2v) is 7.98. The van der Waals surface area contributed by atoms with Crippen LogP contribution in [0.4, 0.5) is 18.9 Å². The van der Waals surface area contributed by atoms with Crippen LogP contribution in [0.15, 0.2) is 71.3 Å². The van der Waals surface area contributed by atoms with Gasteiger partial charge in [0.05, 0.1) is 24.1 Å². The molecule has 1 aromatic heterocycles. The fourth-order valence-electron chi connectivity index (χ4n) is 3.22. The van der Waals surface area contributed by atoms with Crippen molar-refractivity contribution in [2.45, 2.75) is 18.1 Å². The first-order valence-electron chi connectivity index (χ1n) is 9.33. The van der Waals surface area contributed by atoms with E-state index in [1.54, 1.807) is 41.5 Å². The van der Waals surface area contributed by atoms with Crippen LogP contribution in [0.5, 0.6) is 0 Å². The van der Waals surface area contributed by atoms with Crippen molar-refractivity contribution in [2.75, 3.05) is 11.1 Å². The molecule has 2 aromatic carbocycles. The number of alkyl halides is 3. The van der Waals surface area contributed by atoms with Gasteiger partial charge in [0.25, 0.3) is 5.91 Å². The van der Waals surface area contributed by atoms with Crippen molar-refractivity contribution in [3.05, 3.63) is 89.4 Å². The lowest BCUT2D eigenvalue weighted by molar-refractivity contribution is -0.137. The maximum absolute atomic E-state index is 12.7. The van der Waals surface area contributed by atoms with Crippen molar-refractivity contribution >= 4 is 29.3 Å². The van der Waals surface area contributed by atoms with E-state index >= 15 is 0 Å². The molecule has 1 saturated heterocycles. The van der Waals surface area contributed by atoms with Crippen molar-refractivity contribution in [1.29, 1.82) is 0 Å². The van der Waals surface area contributed by atoms with E-state index < -0.39 is 17.6 Å². The van der Waals surface area contributed by atoms with Gasteiger partial charge in [0, 0.05) is 11.3 Å². The molecule has 0 saturated carbocycles. The molecule has 160 valence electrons. The van der Waals surface area contributed by atoms with Gasteiger partial charge in [-0.25, -0.2) is 0 Å². The number of anilines is 1. The summed E-state index contributed by atoms with van der Waals surface area (Å²) in [6.07, 6.45) is -2.87. The van der Waals surface area contributed by atoms with Crippen molar-refractivity contribution < 1.29 is 27.2 Å². The number of benzene rings is 2. The van der Waals surface area contributed by atoms with Crippen LogP contribution in [0, 0.1) is 0 Å². The summed E-state index contributed by atoms with van der Waals surface area (Å²) in [5.41, 5.74) is 0.713. The Labute approximate surface area is 180 Å². The van der Waals surface area contributed by atoms with Crippen LogP contribution in [0.25, 0.3) is 0 Å². The molecule has 0 aliphatic carbocycles. The van der Waals surface area contributed by atoms with Gasteiger partial charge in [0.2, 0.25) is 5.91 Å². The predicted octanol–water partition coefficient (Wildman–Crippen LogP) is 5.32. The van der Waals surface area contributed by atoms with E-state index in [9.17, 15) is 22.8 Å². The molecule has 0 unspecified atom stereocenters. The summed E-state index contributed by atoms with van der Waals surface area (Å²) in [5.74, 6) is 0.624. The van der Waals surface area contributed by atoms with Gasteiger partial charge in [-0.15, -0.1) is 11.8 Å². The Balaban J connectivity index is 1.43. The summed E-state index contributed by atoms with van der Waals surface area (Å²) in [6.45, 7) is 0.361. The smallest absolute Gasteiger partial charge is 0.416 e. The minimum atomic E-state index is -4.43. The minimum absolute atomic E-state index is 0.00974. The summed E-state index contributed by atoms with van der Waals surface area (Å²) >= 11 is 1.50. The fourth-order valence-corrected chi connectivity index (χ4v) is 4.40. The molecule has 0 spiro atoms. The maximum atomic E-state index is 12.7. The molecule has 0 bridgehead atoms. The van der Waals surface area contributed by atoms with Gasteiger partial charge in [-0.2, -0.15) is 13.2 Å². The van der Waals surface area contributed by atoms with Crippen LogP contribution >= 0.6 is 11.8 Å². The number of carbonyl (C=O) groups excluding carboxylic acids is 2. The molecule has 31 heavy (non-hydrogen) atoms. The van der Waals surface area contributed by atoms with E-state index in [0.717, 1.165) is 17.7 Å². The summed E-state index contributed by atoms with van der Waals surface area (Å²) in [5, 5.41) is 2.39. The summed E-state index contributed by atoms with van der Waals surface area (Å²) < 4.78 is 43.3. The highest BCUT2D eigenvalue weighted by molar-refractivity contribution is 8.00. The highest BCUT2D eigenvalue weighted by Gasteiger charge is 2.33. The normalized spacial score (nSPS) is 16.5. The number of halogens is 3. The van der Waals surface area contributed by atoms with E-state index in [-0.39, 0.29) is 17.0 Å². The van der Waals surface area contributed by atoms with Crippen LogP contribution in [-0.2, 0) is 17.5 Å². The number of nitrogens with one attached hydrogen (secondary N) is 1. The molecule has 1 N–H and O–H groups in total. The number of rotatable bonds is 5. The molecule has 5 nitrogen and oxygen atoms in total. The third-order valence-corrected chi connectivity index (χ3v) is 6.06. The van der Waals surface area contributed by atoms with Crippen LogP contribution < -0.4 is 5.32 Å². The highest BCUT2D eigenvalue weighted by Crippen LogP contribution is 2.39. The van der Waals surface area contributed by atoms with E-state index in [1.807, 2.05) is 6.07 Å². The SMILES string of the molecule is O=C(Nc1ccc(C(F)(F)F)cc1)c1ccc([C@@H]2SCC(=O)N2Cc2ccco2)cc1. The third-order valence-electron chi connectivity index (χ3n) is 4.80. The maximum Gasteiger partial charge on any atom is 0.416 e. The first-order chi connectivity index (χ1) is 14.8. The van der Waals surface area contributed by atoms with Crippen molar-refractivity contribution in [2.24, 2.45) is 0 Å². The molecular weight excluding hydrogens is 429 g/mol. The molecule has 1 aliphatic heterocycles. The Kier molecular flexibility index (Phi) is 5.77. The van der Waals surface area contributed by atoms with Crippen LogP contribution in [0.2, 0.25) is 0 Å². The van der Waals surface area contributed by atoms with Gasteiger partial charge in [0.1, 0.15) is 11.1 Å². The van der Waals surface area contributed by atoms with Crippen LogP contribution in [0.1, 0.15) is 32.6 Å². The van der Waals surface area contributed by atoms with E-state index in [4.69, 9.17) is 4.42 Å². The summed E-state index contributed by atoms with van der Waals surface area (Å²) in [7, 11) is 0. The van der Waals surface area contributed by atoms with Gasteiger partial charge in [-0.3, -0.25) is 9.59 Å². The lowest BCUT2D eigenvalue weighted by Gasteiger charge is -2.23. The number of furan rings is 1. The molecule has 2 heterocycles.